The second kappa shape index (κ2) is 6.62. The van der Waals surface area contributed by atoms with E-state index in [4.69, 9.17) is 4.74 Å². The molecule has 7 heteroatoms. The zero-order valence-corrected chi connectivity index (χ0v) is 13.8. The summed E-state index contributed by atoms with van der Waals surface area (Å²) in [4.78, 5) is 25.7. The summed E-state index contributed by atoms with van der Waals surface area (Å²) in [5, 5.41) is 3.60. The van der Waals surface area contributed by atoms with Gasteiger partial charge in [-0.25, -0.2) is 15.0 Å². The zero-order valence-electron chi connectivity index (χ0n) is 12.9. The molecule has 0 bridgehead atoms. The summed E-state index contributed by atoms with van der Waals surface area (Å²) in [6.45, 7) is 1.26. The number of rotatable bonds is 4. The lowest BCUT2D eigenvalue weighted by molar-refractivity contribution is 0.0854. The molecule has 1 fully saturated rings. The van der Waals surface area contributed by atoms with Crippen LogP contribution in [0.4, 0.5) is 0 Å². The highest BCUT2D eigenvalue weighted by Crippen LogP contribution is 2.30. The van der Waals surface area contributed by atoms with Gasteiger partial charge in [-0.15, -0.1) is 11.3 Å². The quantitative estimate of drug-likeness (QED) is 0.790. The van der Waals surface area contributed by atoms with Crippen molar-refractivity contribution < 1.29 is 9.53 Å². The van der Waals surface area contributed by atoms with Crippen molar-refractivity contribution in [2.24, 2.45) is 0 Å². The molecule has 0 radical (unpaired) electrons. The summed E-state index contributed by atoms with van der Waals surface area (Å²) in [6, 6.07) is 7.86. The minimum atomic E-state index is -0.243. The monoisotopic (exact) mass is 340 g/mol. The number of nitrogens with zero attached hydrogens (tertiary/aromatic N) is 3. The molecule has 122 valence electrons. The second-order valence-electron chi connectivity index (χ2n) is 5.59. The van der Waals surface area contributed by atoms with Gasteiger partial charge < -0.3 is 10.1 Å². The predicted molar refractivity (Wildman–Crippen MR) is 92.0 cm³/mol. The van der Waals surface area contributed by atoms with Gasteiger partial charge in [-0.3, -0.25) is 4.79 Å². The Kier molecular flexibility index (Phi) is 4.18. The molecule has 1 amide bonds. The summed E-state index contributed by atoms with van der Waals surface area (Å²) in [7, 11) is 0. The first kappa shape index (κ1) is 15.2. The first-order valence-corrected chi connectivity index (χ1v) is 8.69. The van der Waals surface area contributed by atoms with Crippen LogP contribution < -0.4 is 5.32 Å². The molecule has 3 heterocycles. The van der Waals surface area contributed by atoms with Crippen LogP contribution in [0.2, 0.25) is 0 Å². The van der Waals surface area contributed by atoms with Gasteiger partial charge in [0, 0.05) is 25.5 Å². The number of hydrogen-bond donors (Lipinski definition) is 1. The van der Waals surface area contributed by atoms with Crippen LogP contribution >= 0.6 is 11.3 Å². The molecule has 0 aliphatic carbocycles. The third-order valence-electron chi connectivity index (χ3n) is 3.92. The van der Waals surface area contributed by atoms with E-state index in [9.17, 15) is 4.79 Å². The Hall–Kier alpha value is -2.38. The summed E-state index contributed by atoms with van der Waals surface area (Å²) in [5.74, 6) is -0.243. The molecular weight excluding hydrogens is 324 g/mol. The number of fused-ring (bicyclic) bond motifs is 1. The Morgan fingerprint density at radius 1 is 1.29 bits per heavy atom. The number of benzene rings is 1. The highest BCUT2D eigenvalue weighted by Gasteiger charge is 2.21. The topological polar surface area (TPSA) is 77.0 Å². The maximum Gasteiger partial charge on any atom is 0.272 e. The fraction of sp³-hybridized carbons (Fsp3) is 0.294. The van der Waals surface area contributed by atoms with E-state index in [0.29, 0.717) is 22.9 Å². The highest BCUT2D eigenvalue weighted by atomic mass is 32.1. The molecule has 2 aromatic heterocycles. The first-order chi connectivity index (χ1) is 11.8. The standard InChI is InChI=1S/C17H16N4O2S/c22-16(20-10-11-4-3-9-23-11)14-15(19-8-7-18-14)17-21-12-5-1-2-6-13(12)24-17/h1-2,5-8,11H,3-4,9-10H2,(H,20,22)/t11-/m0/s1. The Labute approximate surface area is 142 Å². The van der Waals surface area contributed by atoms with Crippen LogP contribution in [0.25, 0.3) is 20.9 Å². The molecule has 24 heavy (non-hydrogen) atoms. The largest absolute Gasteiger partial charge is 0.376 e. The molecule has 1 N–H and O–H groups in total. The van der Waals surface area contributed by atoms with E-state index in [2.05, 4.69) is 20.3 Å². The maximum absolute atomic E-state index is 12.5. The molecule has 1 aliphatic rings. The fourth-order valence-electron chi connectivity index (χ4n) is 2.73. The van der Waals surface area contributed by atoms with Crippen LogP contribution in [0, 0.1) is 0 Å². The van der Waals surface area contributed by atoms with Crippen LogP contribution in [-0.4, -0.2) is 40.1 Å². The van der Waals surface area contributed by atoms with E-state index in [1.807, 2.05) is 24.3 Å². The molecule has 1 aromatic carbocycles. The van der Waals surface area contributed by atoms with E-state index in [1.165, 1.54) is 17.5 Å². The smallest absolute Gasteiger partial charge is 0.272 e. The average Bonchev–Trinajstić information content (AvgIpc) is 3.29. The third-order valence-corrected chi connectivity index (χ3v) is 4.97. The van der Waals surface area contributed by atoms with E-state index < -0.39 is 0 Å². The van der Waals surface area contributed by atoms with Gasteiger partial charge in [-0.05, 0) is 25.0 Å². The van der Waals surface area contributed by atoms with Crippen molar-refractivity contribution in [1.29, 1.82) is 0 Å². The van der Waals surface area contributed by atoms with Gasteiger partial charge in [0.25, 0.3) is 5.91 Å². The Morgan fingerprint density at radius 2 is 2.17 bits per heavy atom. The molecule has 4 rings (SSSR count). The number of nitrogens with one attached hydrogen (secondary N) is 1. The van der Waals surface area contributed by atoms with E-state index in [1.54, 1.807) is 6.20 Å². The number of para-hydroxylation sites is 1. The average molecular weight is 340 g/mol. The van der Waals surface area contributed by atoms with Crippen LogP contribution in [0.3, 0.4) is 0 Å². The van der Waals surface area contributed by atoms with Gasteiger partial charge in [-0.1, -0.05) is 12.1 Å². The highest BCUT2D eigenvalue weighted by molar-refractivity contribution is 7.21. The third kappa shape index (κ3) is 3.00. The van der Waals surface area contributed by atoms with Gasteiger partial charge in [0.2, 0.25) is 0 Å². The molecular formula is C17H16N4O2S. The lowest BCUT2D eigenvalue weighted by atomic mass is 10.2. The van der Waals surface area contributed by atoms with Crippen molar-refractivity contribution in [3.63, 3.8) is 0 Å². The number of carbonyl (C=O) groups excluding carboxylic acids is 1. The maximum atomic E-state index is 12.5. The molecule has 0 saturated carbocycles. The minimum Gasteiger partial charge on any atom is -0.376 e. The van der Waals surface area contributed by atoms with E-state index in [0.717, 1.165) is 29.7 Å². The van der Waals surface area contributed by atoms with Crippen molar-refractivity contribution >= 4 is 27.5 Å². The van der Waals surface area contributed by atoms with E-state index >= 15 is 0 Å². The number of thiazole rings is 1. The molecule has 1 saturated heterocycles. The molecule has 6 nitrogen and oxygen atoms in total. The van der Waals surface area contributed by atoms with Gasteiger partial charge in [-0.2, -0.15) is 0 Å². The summed E-state index contributed by atoms with van der Waals surface area (Å²) >= 11 is 1.51. The Bertz CT molecular complexity index is 841. The van der Waals surface area contributed by atoms with Crippen molar-refractivity contribution in [3.8, 4) is 10.7 Å². The first-order valence-electron chi connectivity index (χ1n) is 7.88. The Balaban J connectivity index is 1.60. The second-order valence-corrected chi connectivity index (χ2v) is 6.62. The number of carbonyl (C=O) groups is 1. The van der Waals surface area contributed by atoms with Gasteiger partial charge in [0.15, 0.2) is 5.69 Å². The molecule has 1 aliphatic heterocycles. The van der Waals surface area contributed by atoms with Crippen LogP contribution in [-0.2, 0) is 4.74 Å². The van der Waals surface area contributed by atoms with Crippen LogP contribution in [0.1, 0.15) is 23.3 Å². The lowest BCUT2D eigenvalue weighted by Crippen LogP contribution is -2.32. The number of ether oxygens (including phenoxy) is 1. The minimum absolute atomic E-state index is 0.0940. The zero-order chi connectivity index (χ0) is 16.4. The normalized spacial score (nSPS) is 17.2. The molecule has 3 aromatic rings. The number of aromatic nitrogens is 3. The summed E-state index contributed by atoms with van der Waals surface area (Å²) in [6.07, 6.45) is 5.22. The molecule has 0 spiro atoms. The molecule has 1 atom stereocenters. The van der Waals surface area contributed by atoms with Crippen LogP contribution in [0.5, 0.6) is 0 Å². The van der Waals surface area contributed by atoms with Gasteiger partial charge in [0.1, 0.15) is 10.7 Å². The molecule has 0 unspecified atom stereocenters. The Morgan fingerprint density at radius 3 is 3.00 bits per heavy atom. The van der Waals surface area contributed by atoms with Crippen LogP contribution in [0.15, 0.2) is 36.7 Å². The van der Waals surface area contributed by atoms with Crippen molar-refractivity contribution in [2.45, 2.75) is 18.9 Å². The number of hydrogen-bond acceptors (Lipinski definition) is 6. The van der Waals surface area contributed by atoms with Gasteiger partial charge >= 0.3 is 0 Å². The summed E-state index contributed by atoms with van der Waals surface area (Å²) in [5.41, 5.74) is 1.71. The van der Waals surface area contributed by atoms with Gasteiger partial charge in [0.05, 0.1) is 16.3 Å². The van der Waals surface area contributed by atoms with E-state index in [-0.39, 0.29) is 12.0 Å². The fourth-order valence-corrected chi connectivity index (χ4v) is 3.69. The number of amides is 1. The van der Waals surface area contributed by atoms with Crippen molar-refractivity contribution in [2.75, 3.05) is 13.2 Å². The SMILES string of the molecule is O=C(NC[C@@H]1CCCO1)c1nccnc1-c1nc2ccccc2s1. The predicted octanol–water partition coefficient (Wildman–Crippen LogP) is 2.66. The van der Waals surface area contributed by atoms with Crippen molar-refractivity contribution in [3.05, 3.63) is 42.4 Å². The summed E-state index contributed by atoms with van der Waals surface area (Å²) < 4.78 is 6.59. The lowest BCUT2D eigenvalue weighted by Gasteiger charge is -2.11. The van der Waals surface area contributed by atoms with Crippen molar-refractivity contribution in [1.82, 2.24) is 20.3 Å².